The molecule has 5 heterocycles. The highest BCUT2D eigenvalue weighted by atomic mass is 32.1. The van der Waals surface area contributed by atoms with Gasteiger partial charge in [0.1, 0.15) is 33.5 Å². The summed E-state index contributed by atoms with van der Waals surface area (Å²) in [6.07, 6.45) is 4.31. The van der Waals surface area contributed by atoms with Crippen LogP contribution in [0, 0.1) is 12.7 Å². The minimum atomic E-state index is -0.957. The minimum absolute atomic E-state index is 0.0620. The van der Waals surface area contributed by atoms with Gasteiger partial charge >= 0.3 is 5.69 Å². The molecule has 1 amide bonds. The van der Waals surface area contributed by atoms with E-state index in [9.17, 15) is 18.8 Å². The molecule has 0 radical (unpaired) electrons. The number of methoxy groups -OCH3 is 1. The molecule has 2 fully saturated rings. The van der Waals surface area contributed by atoms with E-state index in [-0.39, 0.29) is 24.6 Å². The molecular weight excluding hydrogens is 603 g/mol. The van der Waals surface area contributed by atoms with Crippen LogP contribution in [0.3, 0.4) is 0 Å². The number of amides is 1. The molecule has 6 rings (SSSR count). The number of hydrogen-bond acceptors (Lipinski definition) is 9. The van der Waals surface area contributed by atoms with Gasteiger partial charge in [-0.3, -0.25) is 14.2 Å². The number of aryl methyl sites for hydroxylation is 1. The van der Waals surface area contributed by atoms with Gasteiger partial charge in [-0.1, -0.05) is 11.3 Å². The Labute approximate surface area is 262 Å². The topological polar surface area (TPSA) is 123 Å². The van der Waals surface area contributed by atoms with E-state index in [1.165, 1.54) is 58.4 Å². The highest BCUT2D eigenvalue weighted by Gasteiger charge is 2.36. The van der Waals surface area contributed by atoms with Crippen LogP contribution in [0.25, 0.3) is 15.2 Å². The normalized spacial score (nSPS) is 18.7. The fraction of sp³-hybridized carbons (Fsp3) is 0.516. The summed E-state index contributed by atoms with van der Waals surface area (Å²) in [6.45, 7) is 7.16. The lowest BCUT2D eigenvalue weighted by Gasteiger charge is -2.35. The van der Waals surface area contributed by atoms with Gasteiger partial charge in [0.2, 0.25) is 5.91 Å². The first-order chi connectivity index (χ1) is 21.7. The summed E-state index contributed by atoms with van der Waals surface area (Å²) >= 11 is 1.21. The summed E-state index contributed by atoms with van der Waals surface area (Å²) in [5, 5.41) is 9.40. The standard InChI is InChI=1S/C31H37FN6O6S/c1-18(2)35-13-5-6-23(27(35)39)37-28(40)26-19(3)29(38-33-11-12-34-38)45-30(26)36(31(37)41)17-25(44-21-9-14-43-15-10-21)22-16-20(32)7-8-24(22)42-4/h7-8,11-12,16,18,21,23,25H,5-6,9-10,13-15,17H2,1-4H3/t23-,25+/m1/s1. The number of nitrogens with zero attached hydrogens (tertiary/aromatic N) is 6. The van der Waals surface area contributed by atoms with Crippen molar-refractivity contribution in [2.45, 2.75) is 77.3 Å². The van der Waals surface area contributed by atoms with Crippen LogP contribution >= 0.6 is 11.3 Å². The molecule has 240 valence electrons. The number of likely N-dealkylation sites (tertiary alicyclic amines) is 1. The van der Waals surface area contributed by atoms with Gasteiger partial charge in [0.05, 0.1) is 37.5 Å². The molecule has 3 aromatic heterocycles. The van der Waals surface area contributed by atoms with Gasteiger partial charge in [-0.25, -0.2) is 13.8 Å². The van der Waals surface area contributed by atoms with Crippen LogP contribution in [0.5, 0.6) is 5.75 Å². The van der Waals surface area contributed by atoms with E-state index in [4.69, 9.17) is 14.2 Å². The van der Waals surface area contributed by atoms with Crippen LogP contribution in [0.4, 0.5) is 4.39 Å². The number of thiophene rings is 1. The number of ether oxygens (including phenoxy) is 3. The number of benzene rings is 1. The number of piperidine rings is 1. The first-order valence-corrected chi connectivity index (χ1v) is 16.0. The van der Waals surface area contributed by atoms with Gasteiger partial charge < -0.3 is 19.1 Å². The molecule has 0 spiro atoms. The molecule has 0 aliphatic carbocycles. The van der Waals surface area contributed by atoms with Crippen molar-refractivity contribution in [2.75, 3.05) is 26.9 Å². The van der Waals surface area contributed by atoms with Crippen molar-refractivity contribution >= 4 is 27.5 Å². The van der Waals surface area contributed by atoms with Crippen molar-refractivity contribution in [2.24, 2.45) is 0 Å². The molecule has 0 bridgehead atoms. The molecule has 0 unspecified atom stereocenters. The summed E-state index contributed by atoms with van der Waals surface area (Å²) in [4.78, 5) is 46.1. The van der Waals surface area contributed by atoms with Crippen molar-refractivity contribution in [3.8, 4) is 10.8 Å². The van der Waals surface area contributed by atoms with Crippen molar-refractivity contribution in [1.82, 2.24) is 29.0 Å². The Morgan fingerprint density at radius 3 is 2.53 bits per heavy atom. The fourth-order valence-electron chi connectivity index (χ4n) is 6.31. The SMILES string of the molecule is COc1ccc(F)cc1[C@H](Cn1c(=O)n([C@@H]2CCCN(C(C)C)C2=O)c(=O)c2c(C)c(-n3nccn3)sc21)OC1CCOCC1. The largest absolute Gasteiger partial charge is 0.496 e. The fourth-order valence-corrected chi connectivity index (χ4v) is 7.53. The highest BCUT2D eigenvalue weighted by Crippen LogP contribution is 2.36. The lowest BCUT2D eigenvalue weighted by molar-refractivity contribution is -0.139. The van der Waals surface area contributed by atoms with Gasteiger partial charge in [-0.05, 0) is 64.7 Å². The van der Waals surface area contributed by atoms with Gasteiger partial charge in [-0.15, -0.1) is 4.80 Å². The van der Waals surface area contributed by atoms with Crippen molar-refractivity contribution in [3.05, 3.63) is 68.4 Å². The van der Waals surface area contributed by atoms with Gasteiger partial charge in [0.15, 0.2) is 0 Å². The number of hydrogen-bond donors (Lipinski definition) is 0. The zero-order valence-electron chi connectivity index (χ0n) is 25.8. The van der Waals surface area contributed by atoms with Crippen molar-refractivity contribution in [3.63, 3.8) is 0 Å². The van der Waals surface area contributed by atoms with E-state index in [0.717, 1.165) is 4.57 Å². The molecule has 45 heavy (non-hydrogen) atoms. The molecule has 2 aliphatic heterocycles. The quantitative estimate of drug-likeness (QED) is 0.271. The maximum Gasteiger partial charge on any atom is 0.332 e. The monoisotopic (exact) mass is 640 g/mol. The molecule has 1 aromatic carbocycles. The third-order valence-electron chi connectivity index (χ3n) is 8.61. The number of fused-ring (bicyclic) bond motifs is 1. The molecule has 2 atom stereocenters. The summed E-state index contributed by atoms with van der Waals surface area (Å²) in [7, 11) is 1.49. The zero-order valence-corrected chi connectivity index (χ0v) is 26.6. The summed E-state index contributed by atoms with van der Waals surface area (Å²) in [5.41, 5.74) is -0.141. The number of halogens is 1. The van der Waals surface area contributed by atoms with Crippen LogP contribution in [0.1, 0.15) is 62.8 Å². The first kappa shape index (κ1) is 31.1. The molecule has 0 N–H and O–H groups in total. The number of aromatic nitrogens is 5. The number of carbonyl (C=O) groups excluding carboxylic acids is 1. The second-order valence-electron chi connectivity index (χ2n) is 11.7. The predicted octanol–water partition coefficient (Wildman–Crippen LogP) is 3.77. The van der Waals surface area contributed by atoms with Gasteiger partial charge in [-0.2, -0.15) is 10.2 Å². The summed E-state index contributed by atoms with van der Waals surface area (Å²) < 4.78 is 35.0. The average molecular weight is 641 g/mol. The van der Waals surface area contributed by atoms with E-state index < -0.39 is 29.2 Å². The van der Waals surface area contributed by atoms with Crippen LogP contribution in [-0.4, -0.2) is 73.9 Å². The van der Waals surface area contributed by atoms with Crippen LogP contribution in [0.2, 0.25) is 0 Å². The molecule has 12 nitrogen and oxygen atoms in total. The molecule has 0 saturated carbocycles. The first-order valence-electron chi connectivity index (χ1n) is 15.2. The Morgan fingerprint density at radius 2 is 1.84 bits per heavy atom. The Morgan fingerprint density at radius 1 is 1.11 bits per heavy atom. The smallest absolute Gasteiger partial charge is 0.332 e. The molecular formula is C31H37FN6O6S. The lowest BCUT2D eigenvalue weighted by atomic mass is 10.0. The summed E-state index contributed by atoms with van der Waals surface area (Å²) in [6, 6.07) is 3.15. The third kappa shape index (κ3) is 5.82. The Balaban J connectivity index is 1.57. The Kier molecular flexibility index (Phi) is 8.89. The molecule has 14 heteroatoms. The molecule has 2 aliphatic rings. The minimum Gasteiger partial charge on any atom is -0.496 e. The predicted molar refractivity (Wildman–Crippen MR) is 166 cm³/mol. The Hall–Kier alpha value is -3.88. The second kappa shape index (κ2) is 12.9. The lowest BCUT2D eigenvalue weighted by Crippen LogP contribution is -2.52. The maximum atomic E-state index is 14.7. The van der Waals surface area contributed by atoms with E-state index in [1.807, 2.05) is 13.8 Å². The Bertz CT molecular complexity index is 1810. The van der Waals surface area contributed by atoms with Crippen LogP contribution in [-0.2, 0) is 20.8 Å². The molecule has 4 aromatic rings. The van der Waals surface area contributed by atoms with E-state index in [2.05, 4.69) is 10.2 Å². The zero-order chi connectivity index (χ0) is 31.8. The van der Waals surface area contributed by atoms with Crippen LogP contribution in [0.15, 0.2) is 40.2 Å². The maximum absolute atomic E-state index is 14.7. The van der Waals surface area contributed by atoms with E-state index in [1.54, 1.807) is 11.8 Å². The van der Waals surface area contributed by atoms with Crippen LogP contribution < -0.4 is 16.0 Å². The summed E-state index contributed by atoms with van der Waals surface area (Å²) in [5.74, 6) is -0.329. The van der Waals surface area contributed by atoms with E-state index in [0.29, 0.717) is 77.5 Å². The number of carbonyl (C=O) groups is 1. The third-order valence-corrected chi connectivity index (χ3v) is 9.89. The second-order valence-corrected chi connectivity index (χ2v) is 12.7. The van der Waals surface area contributed by atoms with E-state index >= 15 is 0 Å². The van der Waals surface area contributed by atoms with Gasteiger partial charge in [0, 0.05) is 36.9 Å². The highest BCUT2D eigenvalue weighted by molar-refractivity contribution is 7.21. The number of rotatable bonds is 9. The molecule has 2 saturated heterocycles. The average Bonchev–Trinajstić information content (AvgIpc) is 3.68. The van der Waals surface area contributed by atoms with Crippen molar-refractivity contribution < 1.29 is 23.4 Å². The van der Waals surface area contributed by atoms with Crippen molar-refractivity contribution in [1.29, 1.82) is 0 Å². The van der Waals surface area contributed by atoms with Gasteiger partial charge in [0.25, 0.3) is 5.56 Å².